The molecule has 0 aliphatic carbocycles. The molecule has 1 aromatic rings. The van der Waals surface area contributed by atoms with Gasteiger partial charge in [0.15, 0.2) is 9.84 Å². The Morgan fingerprint density at radius 3 is 2.28 bits per heavy atom. The molecule has 0 radical (unpaired) electrons. The lowest BCUT2D eigenvalue weighted by Crippen LogP contribution is -2.31. The average molecular weight is 290 g/mol. The Labute approximate surface area is 112 Å². The van der Waals surface area contributed by atoms with E-state index >= 15 is 0 Å². The maximum atomic E-state index is 12.0. The third-order valence-corrected chi connectivity index (χ3v) is 5.24. The SMILES string of the molecule is CC[C@H](/C(=N\O)c1ccc(Cl)cc1)S(=O)(=O)CC. The molecule has 0 aromatic heterocycles. The van der Waals surface area contributed by atoms with Gasteiger partial charge in [-0.25, -0.2) is 8.42 Å². The number of hydrogen-bond acceptors (Lipinski definition) is 4. The van der Waals surface area contributed by atoms with Gasteiger partial charge in [-0.3, -0.25) is 0 Å². The highest BCUT2D eigenvalue weighted by Gasteiger charge is 2.28. The van der Waals surface area contributed by atoms with Gasteiger partial charge < -0.3 is 5.21 Å². The fourth-order valence-corrected chi connectivity index (χ4v) is 3.31. The molecular weight excluding hydrogens is 274 g/mol. The van der Waals surface area contributed by atoms with E-state index in [2.05, 4.69) is 5.16 Å². The number of halogens is 1. The molecule has 1 aromatic carbocycles. The minimum absolute atomic E-state index is 0.0120. The zero-order valence-corrected chi connectivity index (χ0v) is 11.9. The molecule has 0 bridgehead atoms. The first kappa shape index (κ1) is 15.0. The highest BCUT2D eigenvalue weighted by Crippen LogP contribution is 2.17. The molecule has 100 valence electrons. The molecule has 0 spiro atoms. The molecule has 4 nitrogen and oxygen atoms in total. The zero-order chi connectivity index (χ0) is 13.8. The fraction of sp³-hybridized carbons (Fsp3) is 0.417. The van der Waals surface area contributed by atoms with Crippen molar-refractivity contribution in [3.8, 4) is 0 Å². The second-order valence-electron chi connectivity index (χ2n) is 3.84. The summed E-state index contributed by atoms with van der Waals surface area (Å²) in [5, 5.41) is 12.0. The first-order valence-corrected chi connectivity index (χ1v) is 7.75. The monoisotopic (exact) mass is 289 g/mol. The summed E-state index contributed by atoms with van der Waals surface area (Å²) in [5.74, 6) is 0.0120. The van der Waals surface area contributed by atoms with Gasteiger partial charge in [-0.05, 0) is 18.6 Å². The lowest BCUT2D eigenvalue weighted by molar-refractivity contribution is 0.318. The summed E-state index contributed by atoms with van der Waals surface area (Å²) in [4.78, 5) is 0. The third-order valence-electron chi connectivity index (χ3n) is 2.76. The molecule has 18 heavy (non-hydrogen) atoms. The van der Waals surface area contributed by atoms with Crippen LogP contribution in [0.1, 0.15) is 25.8 Å². The Morgan fingerprint density at radius 2 is 1.89 bits per heavy atom. The number of oxime groups is 1. The number of hydrogen-bond donors (Lipinski definition) is 1. The van der Waals surface area contributed by atoms with E-state index in [0.29, 0.717) is 17.0 Å². The van der Waals surface area contributed by atoms with Crippen molar-refractivity contribution >= 4 is 27.1 Å². The van der Waals surface area contributed by atoms with Crippen molar-refractivity contribution in [3.63, 3.8) is 0 Å². The Kier molecular flexibility index (Phi) is 5.16. The largest absolute Gasteiger partial charge is 0.411 e. The number of sulfone groups is 1. The van der Waals surface area contributed by atoms with Crippen LogP contribution >= 0.6 is 11.6 Å². The number of benzene rings is 1. The van der Waals surface area contributed by atoms with Crippen LogP contribution in [0.4, 0.5) is 0 Å². The van der Waals surface area contributed by atoms with E-state index in [9.17, 15) is 8.42 Å². The minimum Gasteiger partial charge on any atom is -0.411 e. The lowest BCUT2D eigenvalue weighted by Gasteiger charge is -2.16. The second kappa shape index (κ2) is 6.20. The molecule has 0 amide bonds. The lowest BCUT2D eigenvalue weighted by atomic mass is 10.1. The Hall–Kier alpha value is -1.07. The van der Waals surface area contributed by atoms with Gasteiger partial charge in [-0.2, -0.15) is 0 Å². The molecule has 0 saturated carbocycles. The van der Waals surface area contributed by atoms with Crippen LogP contribution in [-0.2, 0) is 9.84 Å². The molecule has 0 heterocycles. The van der Waals surface area contributed by atoms with E-state index in [1.54, 1.807) is 38.1 Å². The minimum atomic E-state index is -3.30. The normalized spacial score (nSPS) is 14.5. The van der Waals surface area contributed by atoms with Gasteiger partial charge in [0.1, 0.15) is 11.0 Å². The average Bonchev–Trinajstić information content (AvgIpc) is 2.36. The van der Waals surface area contributed by atoms with Crippen LogP contribution in [0.5, 0.6) is 0 Å². The molecule has 6 heteroatoms. The van der Waals surface area contributed by atoms with Crippen molar-refractivity contribution < 1.29 is 13.6 Å². The Balaban J connectivity index is 3.21. The molecule has 1 N–H and O–H groups in total. The second-order valence-corrected chi connectivity index (χ2v) is 6.75. The van der Waals surface area contributed by atoms with Crippen LogP contribution < -0.4 is 0 Å². The maximum Gasteiger partial charge on any atom is 0.158 e. The first-order chi connectivity index (χ1) is 8.46. The molecule has 0 unspecified atom stereocenters. The van der Waals surface area contributed by atoms with E-state index in [-0.39, 0.29) is 11.5 Å². The summed E-state index contributed by atoms with van der Waals surface area (Å²) < 4.78 is 23.9. The summed E-state index contributed by atoms with van der Waals surface area (Å²) in [6.07, 6.45) is 0.359. The van der Waals surface area contributed by atoms with Gasteiger partial charge in [-0.1, -0.05) is 42.7 Å². The van der Waals surface area contributed by atoms with Crippen LogP contribution in [0, 0.1) is 0 Å². The third kappa shape index (κ3) is 3.23. The highest BCUT2D eigenvalue weighted by atomic mass is 35.5. The van der Waals surface area contributed by atoms with Crippen molar-refractivity contribution in [1.29, 1.82) is 0 Å². The van der Waals surface area contributed by atoms with Gasteiger partial charge in [0, 0.05) is 16.3 Å². The van der Waals surface area contributed by atoms with Crippen molar-refractivity contribution in [2.75, 3.05) is 5.75 Å². The van der Waals surface area contributed by atoms with Gasteiger partial charge >= 0.3 is 0 Å². The van der Waals surface area contributed by atoms with Crippen molar-refractivity contribution in [1.82, 2.24) is 0 Å². The topological polar surface area (TPSA) is 66.7 Å². The van der Waals surface area contributed by atoms with Gasteiger partial charge in [-0.15, -0.1) is 0 Å². The van der Waals surface area contributed by atoms with Crippen LogP contribution in [0.2, 0.25) is 5.02 Å². The molecule has 0 aliphatic heterocycles. The van der Waals surface area contributed by atoms with E-state index < -0.39 is 15.1 Å². The van der Waals surface area contributed by atoms with Gasteiger partial charge in [0.2, 0.25) is 0 Å². The maximum absolute atomic E-state index is 12.0. The van der Waals surface area contributed by atoms with Crippen molar-refractivity contribution in [2.24, 2.45) is 5.16 Å². The quantitative estimate of drug-likeness (QED) is 0.515. The van der Waals surface area contributed by atoms with E-state index in [1.807, 2.05) is 0 Å². The standard InChI is InChI=1S/C12H16ClNO3S/c1-3-11(18(16,17)4-2)12(14-15)9-5-7-10(13)8-6-9/h5-8,11,15H,3-4H2,1-2H3/b14-12-/t11-/m1/s1. The molecule has 1 rings (SSSR count). The van der Waals surface area contributed by atoms with Crippen LogP contribution in [-0.4, -0.2) is 30.3 Å². The molecule has 1 atom stereocenters. The van der Waals surface area contributed by atoms with Crippen molar-refractivity contribution in [3.05, 3.63) is 34.9 Å². The predicted octanol–water partition coefficient (Wildman–Crippen LogP) is 2.73. The van der Waals surface area contributed by atoms with Crippen LogP contribution in [0.25, 0.3) is 0 Å². The smallest absolute Gasteiger partial charge is 0.158 e. The number of rotatable bonds is 5. The molecular formula is C12H16ClNO3S. The highest BCUT2D eigenvalue weighted by molar-refractivity contribution is 7.92. The Bertz CT molecular complexity index is 523. The zero-order valence-electron chi connectivity index (χ0n) is 10.3. The fourth-order valence-electron chi connectivity index (χ4n) is 1.75. The molecule has 0 saturated heterocycles. The molecule has 0 fully saturated rings. The Morgan fingerprint density at radius 1 is 1.33 bits per heavy atom. The van der Waals surface area contributed by atoms with E-state index in [0.717, 1.165) is 0 Å². The first-order valence-electron chi connectivity index (χ1n) is 5.65. The van der Waals surface area contributed by atoms with Crippen LogP contribution in [0.15, 0.2) is 29.4 Å². The summed E-state index contributed by atoms with van der Waals surface area (Å²) >= 11 is 5.77. The van der Waals surface area contributed by atoms with E-state index in [1.165, 1.54) is 0 Å². The summed E-state index contributed by atoms with van der Waals surface area (Å²) in [6, 6.07) is 6.55. The van der Waals surface area contributed by atoms with Crippen molar-refractivity contribution in [2.45, 2.75) is 25.5 Å². The van der Waals surface area contributed by atoms with Gasteiger partial charge in [0.25, 0.3) is 0 Å². The molecule has 0 aliphatic rings. The number of nitrogens with zero attached hydrogens (tertiary/aromatic N) is 1. The summed E-state index contributed by atoms with van der Waals surface area (Å²) in [6.45, 7) is 3.33. The van der Waals surface area contributed by atoms with E-state index in [4.69, 9.17) is 16.8 Å². The summed E-state index contributed by atoms with van der Waals surface area (Å²) in [7, 11) is -3.30. The van der Waals surface area contributed by atoms with Gasteiger partial charge in [0.05, 0.1) is 0 Å². The predicted molar refractivity (Wildman–Crippen MR) is 73.3 cm³/mol. The van der Waals surface area contributed by atoms with Crippen LogP contribution in [0.3, 0.4) is 0 Å². The summed E-state index contributed by atoms with van der Waals surface area (Å²) in [5.41, 5.74) is 0.724.